The van der Waals surface area contributed by atoms with Crippen molar-refractivity contribution < 1.29 is 17.9 Å². The van der Waals surface area contributed by atoms with E-state index in [0.717, 1.165) is 36.8 Å². The quantitative estimate of drug-likeness (QED) is 0.864. The van der Waals surface area contributed by atoms with E-state index in [2.05, 4.69) is 4.72 Å². The lowest BCUT2D eigenvalue weighted by atomic mass is 9.87. The number of fused-ring (bicyclic) bond motifs is 1. The largest absolute Gasteiger partial charge is 0.465 e. The van der Waals surface area contributed by atoms with Gasteiger partial charge in [-0.15, -0.1) is 0 Å². The van der Waals surface area contributed by atoms with Crippen LogP contribution < -0.4 is 4.72 Å². The van der Waals surface area contributed by atoms with Crippen molar-refractivity contribution in [2.75, 3.05) is 11.8 Å². The lowest BCUT2D eigenvalue weighted by Crippen LogP contribution is -2.19. The monoisotopic (exact) mass is 345 g/mol. The van der Waals surface area contributed by atoms with E-state index in [1.807, 2.05) is 6.07 Å². The topological polar surface area (TPSA) is 72.5 Å². The molecule has 1 N–H and O–H groups in total. The van der Waals surface area contributed by atoms with Gasteiger partial charge in [0.25, 0.3) is 10.0 Å². The zero-order valence-electron chi connectivity index (χ0n) is 13.4. The first-order chi connectivity index (χ1) is 11.5. The van der Waals surface area contributed by atoms with Crippen LogP contribution in [-0.4, -0.2) is 21.5 Å². The molecule has 5 nitrogen and oxygen atoms in total. The van der Waals surface area contributed by atoms with Crippen LogP contribution >= 0.6 is 0 Å². The van der Waals surface area contributed by atoms with E-state index in [0.29, 0.717) is 5.56 Å². The average Bonchev–Trinajstić information content (AvgIpc) is 2.61. The van der Waals surface area contributed by atoms with Gasteiger partial charge in [-0.2, -0.15) is 0 Å². The van der Waals surface area contributed by atoms with Crippen LogP contribution in [0.2, 0.25) is 0 Å². The predicted molar refractivity (Wildman–Crippen MR) is 91.7 cm³/mol. The van der Waals surface area contributed by atoms with Crippen molar-refractivity contribution in [2.24, 2.45) is 0 Å². The summed E-state index contributed by atoms with van der Waals surface area (Å²) in [5.41, 5.74) is 2.58. The van der Waals surface area contributed by atoms with Crippen LogP contribution in [0, 0.1) is 0 Å². The molecule has 0 heterocycles. The Labute approximate surface area is 141 Å². The Balaban J connectivity index is 2.06. The molecule has 24 heavy (non-hydrogen) atoms. The third kappa shape index (κ3) is 3.14. The second kappa shape index (κ2) is 6.65. The number of aryl methyl sites for hydroxylation is 1. The van der Waals surface area contributed by atoms with Gasteiger partial charge in [-0.3, -0.25) is 4.72 Å². The number of carbonyl (C=O) groups excluding carboxylic acids is 1. The van der Waals surface area contributed by atoms with Gasteiger partial charge >= 0.3 is 5.97 Å². The zero-order valence-corrected chi connectivity index (χ0v) is 14.2. The summed E-state index contributed by atoms with van der Waals surface area (Å²) in [4.78, 5) is 12.4. The molecule has 0 fully saturated rings. The molecule has 0 spiro atoms. The normalized spacial score (nSPS) is 13.9. The minimum atomic E-state index is -3.76. The lowest BCUT2D eigenvalue weighted by molar-refractivity contribution is 0.0600. The molecule has 2 aromatic rings. The van der Waals surface area contributed by atoms with Gasteiger partial charge in [-0.05, 0) is 55.0 Å². The molecule has 0 atom stereocenters. The summed E-state index contributed by atoms with van der Waals surface area (Å²) in [6.07, 6.45) is 3.69. The highest BCUT2D eigenvalue weighted by molar-refractivity contribution is 7.92. The minimum Gasteiger partial charge on any atom is -0.465 e. The Hall–Kier alpha value is -2.34. The SMILES string of the molecule is COC(=O)c1c(NS(=O)(=O)c2ccccc2)ccc2c1CCCC2. The highest BCUT2D eigenvalue weighted by atomic mass is 32.2. The van der Waals surface area contributed by atoms with Crippen LogP contribution in [0.1, 0.15) is 34.3 Å². The van der Waals surface area contributed by atoms with E-state index in [4.69, 9.17) is 4.74 Å². The van der Waals surface area contributed by atoms with Crippen molar-refractivity contribution in [2.45, 2.75) is 30.6 Å². The summed E-state index contributed by atoms with van der Waals surface area (Å²) in [6.45, 7) is 0. The molecule has 0 bridgehead atoms. The van der Waals surface area contributed by atoms with Gasteiger partial charge in [0.2, 0.25) is 0 Å². The summed E-state index contributed by atoms with van der Waals surface area (Å²) < 4.78 is 32.6. The molecule has 0 aromatic heterocycles. The fourth-order valence-electron chi connectivity index (χ4n) is 3.05. The number of ether oxygens (including phenoxy) is 1. The van der Waals surface area contributed by atoms with Crippen LogP contribution in [0.3, 0.4) is 0 Å². The minimum absolute atomic E-state index is 0.151. The number of esters is 1. The molecule has 1 aliphatic rings. The maximum atomic E-state index is 12.6. The third-order valence-electron chi connectivity index (χ3n) is 4.22. The summed E-state index contributed by atoms with van der Waals surface area (Å²) >= 11 is 0. The molecule has 6 heteroatoms. The van der Waals surface area contributed by atoms with Gasteiger partial charge in [-0.25, -0.2) is 13.2 Å². The Morgan fingerprint density at radius 1 is 1.04 bits per heavy atom. The average molecular weight is 345 g/mol. The maximum Gasteiger partial charge on any atom is 0.340 e. The first-order valence-electron chi connectivity index (χ1n) is 7.84. The molecule has 0 aliphatic heterocycles. The molecule has 0 unspecified atom stereocenters. The summed E-state index contributed by atoms with van der Waals surface area (Å²) in [6, 6.07) is 11.6. The number of anilines is 1. The lowest BCUT2D eigenvalue weighted by Gasteiger charge is -2.21. The standard InChI is InChI=1S/C18H19NO4S/c1-23-18(20)17-15-10-6-5-7-13(15)11-12-16(17)19-24(21,22)14-8-3-2-4-9-14/h2-4,8-9,11-12,19H,5-7,10H2,1H3. The second-order valence-corrected chi connectivity index (χ2v) is 7.43. The van der Waals surface area contributed by atoms with Crippen molar-refractivity contribution in [3.8, 4) is 0 Å². The fourth-order valence-corrected chi connectivity index (χ4v) is 4.14. The van der Waals surface area contributed by atoms with Crippen molar-refractivity contribution in [3.05, 3.63) is 59.2 Å². The molecule has 0 radical (unpaired) electrons. The first-order valence-corrected chi connectivity index (χ1v) is 9.32. The Kier molecular flexibility index (Phi) is 4.57. The molecule has 0 saturated heterocycles. The summed E-state index contributed by atoms with van der Waals surface area (Å²) in [7, 11) is -2.46. The molecule has 0 amide bonds. The van der Waals surface area contributed by atoms with Crippen LogP contribution in [0.4, 0.5) is 5.69 Å². The fraction of sp³-hybridized carbons (Fsp3) is 0.278. The smallest absolute Gasteiger partial charge is 0.340 e. The van der Waals surface area contributed by atoms with Crippen LogP contribution in [0.15, 0.2) is 47.4 Å². The Bertz CT molecular complexity index is 860. The highest BCUT2D eigenvalue weighted by Crippen LogP contribution is 2.31. The van der Waals surface area contributed by atoms with Crippen LogP contribution in [0.5, 0.6) is 0 Å². The van der Waals surface area contributed by atoms with Crippen molar-refractivity contribution in [1.82, 2.24) is 0 Å². The van der Waals surface area contributed by atoms with Gasteiger partial charge in [0.05, 0.1) is 23.3 Å². The van der Waals surface area contributed by atoms with Crippen molar-refractivity contribution >= 4 is 21.7 Å². The molecule has 3 rings (SSSR count). The summed E-state index contributed by atoms with van der Waals surface area (Å²) in [5.74, 6) is -0.514. The molecule has 0 saturated carbocycles. The third-order valence-corrected chi connectivity index (χ3v) is 5.60. The molecular formula is C18H19NO4S. The first kappa shape index (κ1) is 16.5. The van der Waals surface area contributed by atoms with E-state index in [1.54, 1.807) is 24.3 Å². The van der Waals surface area contributed by atoms with E-state index in [9.17, 15) is 13.2 Å². The second-order valence-electron chi connectivity index (χ2n) is 5.74. The number of carbonyl (C=O) groups is 1. The van der Waals surface area contributed by atoms with E-state index < -0.39 is 16.0 Å². The van der Waals surface area contributed by atoms with Gasteiger partial charge in [-0.1, -0.05) is 24.3 Å². The highest BCUT2D eigenvalue weighted by Gasteiger charge is 2.25. The number of sulfonamides is 1. The Morgan fingerprint density at radius 2 is 1.75 bits per heavy atom. The van der Waals surface area contributed by atoms with Crippen LogP contribution in [0.25, 0.3) is 0 Å². The number of nitrogens with one attached hydrogen (secondary N) is 1. The van der Waals surface area contributed by atoms with Gasteiger partial charge in [0, 0.05) is 0 Å². The molecule has 126 valence electrons. The van der Waals surface area contributed by atoms with Gasteiger partial charge in [0.15, 0.2) is 0 Å². The Morgan fingerprint density at radius 3 is 2.46 bits per heavy atom. The molecule has 2 aromatic carbocycles. The predicted octanol–water partition coefficient (Wildman–Crippen LogP) is 3.15. The zero-order chi connectivity index (χ0) is 17.2. The van der Waals surface area contributed by atoms with Gasteiger partial charge < -0.3 is 4.74 Å². The number of rotatable bonds is 4. The van der Waals surface area contributed by atoms with Crippen LogP contribution in [-0.2, 0) is 27.6 Å². The number of hydrogen-bond acceptors (Lipinski definition) is 4. The number of benzene rings is 2. The van der Waals surface area contributed by atoms with E-state index in [1.165, 1.54) is 19.2 Å². The van der Waals surface area contributed by atoms with Gasteiger partial charge in [0.1, 0.15) is 0 Å². The summed E-state index contributed by atoms with van der Waals surface area (Å²) in [5, 5.41) is 0. The van der Waals surface area contributed by atoms with E-state index in [-0.39, 0.29) is 10.6 Å². The number of hydrogen-bond donors (Lipinski definition) is 1. The van der Waals surface area contributed by atoms with Crippen molar-refractivity contribution in [1.29, 1.82) is 0 Å². The number of methoxy groups -OCH3 is 1. The van der Waals surface area contributed by atoms with E-state index >= 15 is 0 Å². The molecular weight excluding hydrogens is 326 g/mol. The van der Waals surface area contributed by atoms with Crippen molar-refractivity contribution in [3.63, 3.8) is 0 Å². The molecule has 1 aliphatic carbocycles. The maximum absolute atomic E-state index is 12.6.